The molecule has 1 saturated heterocycles. The zero-order chi connectivity index (χ0) is 36.8. The van der Waals surface area contributed by atoms with Crippen LogP contribution in [-0.4, -0.2) is 85.7 Å². The third-order valence-electron chi connectivity index (χ3n) is 8.92. The van der Waals surface area contributed by atoms with Crippen molar-refractivity contribution in [2.24, 2.45) is 0 Å². The third kappa shape index (κ3) is 11.0. The molecule has 2 aromatic carbocycles. The van der Waals surface area contributed by atoms with E-state index in [1.165, 1.54) is 0 Å². The van der Waals surface area contributed by atoms with E-state index in [4.69, 9.17) is 19.3 Å². The van der Waals surface area contributed by atoms with Crippen LogP contribution in [0.4, 0.5) is 5.69 Å². The number of nitrogens with one attached hydrogen (secondary N) is 2. The van der Waals surface area contributed by atoms with Gasteiger partial charge in [0.15, 0.2) is 0 Å². The second-order valence-electron chi connectivity index (χ2n) is 15.8. The van der Waals surface area contributed by atoms with E-state index in [2.05, 4.69) is 78.1 Å². The molecule has 11 nitrogen and oxygen atoms in total. The van der Waals surface area contributed by atoms with E-state index in [-0.39, 0.29) is 12.1 Å². The van der Waals surface area contributed by atoms with Crippen LogP contribution in [-0.2, 0) is 22.7 Å². The Morgan fingerprint density at radius 1 is 0.922 bits per heavy atom. The number of hydrogen-bond acceptors (Lipinski definition) is 8. The Labute approximate surface area is 305 Å². The number of hydrogen-bond donors (Lipinski definition) is 2. The summed E-state index contributed by atoms with van der Waals surface area (Å²) in [6.45, 7) is 25.0. The Balaban J connectivity index is 1.34. The lowest BCUT2D eigenvalue weighted by Gasteiger charge is -2.22. The standard InChI is InChI=1S/C38H57N7O4Si2/c1-10-44-36(23-29(3)41-44)38(46)40-34-24-30(12-11-28(34)2)49-31-13-14-32-33(42-45(35(32)25-31)27-48-20-22-51(7,8)9)15-16-37-39-17-18-43(37)26-47-19-21-50(4,5)6/h11-16,23-25,37,39H,10,17-22,26-27H2,1-9H3,(H,40,46)/b16-15+. The molecule has 0 aliphatic carbocycles. The summed E-state index contributed by atoms with van der Waals surface area (Å²) in [4.78, 5) is 15.5. The van der Waals surface area contributed by atoms with E-state index >= 15 is 0 Å². The minimum Gasteiger partial charge on any atom is -0.457 e. The van der Waals surface area contributed by atoms with Crippen molar-refractivity contribution in [1.29, 1.82) is 0 Å². The van der Waals surface area contributed by atoms with Gasteiger partial charge in [-0.25, -0.2) is 4.68 Å². The molecule has 1 unspecified atom stereocenters. The molecule has 5 rings (SSSR count). The zero-order valence-electron chi connectivity index (χ0n) is 32.0. The van der Waals surface area contributed by atoms with Gasteiger partial charge in [0, 0.05) is 72.2 Å². The minimum absolute atomic E-state index is 0.0791. The molecule has 0 bridgehead atoms. The van der Waals surface area contributed by atoms with Crippen LogP contribution in [0.2, 0.25) is 51.4 Å². The number of carbonyl (C=O) groups is 1. The molecule has 3 heterocycles. The van der Waals surface area contributed by atoms with Crippen LogP contribution < -0.4 is 15.4 Å². The van der Waals surface area contributed by atoms with Crippen molar-refractivity contribution in [2.45, 2.75) is 91.6 Å². The van der Waals surface area contributed by atoms with Gasteiger partial charge in [-0.3, -0.25) is 19.7 Å². The Bertz CT molecular complexity index is 1820. The van der Waals surface area contributed by atoms with Gasteiger partial charge in [0.1, 0.15) is 30.7 Å². The lowest BCUT2D eigenvalue weighted by atomic mass is 10.1. The molecule has 51 heavy (non-hydrogen) atoms. The van der Waals surface area contributed by atoms with Crippen LogP contribution in [0.1, 0.15) is 34.4 Å². The van der Waals surface area contributed by atoms with Crippen molar-refractivity contribution in [3.05, 3.63) is 71.2 Å². The van der Waals surface area contributed by atoms with E-state index in [0.717, 1.165) is 59.6 Å². The van der Waals surface area contributed by atoms with Gasteiger partial charge >= 0.3 is 0 Å². The number of carbonyl (C=O) groups excluding carboxylic acids is 1. The number of amides is 1. The summed E-state index contributed by atoms with van der Waals surface area (Å²) in [7, 11) is -2.36. The van der Waals surface area contributed by atoms with E-state index in [9.17, 15) is 4.79 Å². The lowest BCUT2D eigenvalue weighted by Crippen LogP contribution is -2.36. The van der Waals surface area contributed by atoms with E-state index in [1.54, 1.807) is 10.7 Å². The first-order chi connectivity index (χ1) is 24.2. The molecule has 1 aliphatic rings. The largest absolute Gasteiger partial charge is 0.457 e. The molecule has 1 fully saturated rings. The lowest BCUT2D eigenvalue weighted by molar-refractivity contribution is 0.0353. The van der Waals surface area contributed by atoms with Gasteiger partial charge in [0.25, 0.3) is 5.91 Å². The Morgan fingerprint density at radius 3 is 2.31 bits per heavy atom. The van der Waals surface area contributed by atoms with Crippen molar-refractivity contribution in [2.75, 3.05) is 38.4 Å². The maximum atomic E-state index is 13.2. The summed E-state index contributed by atoms with van der Waals surface area (Å²) < 4.78 is 22.2. The highest BCUT2D eigenvalue weighted by Crippen LogP contribution is 2.31. The monoisotopic (exact) mass is 731 g/mol. The molecule has 4 aromatic rings. The molecule has 2 N–H and O–H groups in total. The number of ether oxygens (including phenoxy) is 3. The fraction of sp³-hybridized carbons (Fsp3) is 0.500. The molecule has 1 amide bonds. The fourth-order valence-electron chi connectivity index (χ4n) is 5.79. The molecular weight excluding hydrogens is 675 g/mol. The average molecular weight is 732 g/mol. The molecule has 1 atom stereocenters. The highest BCUT2D eigenvalue weighted by molar-refractivity contribution is 6.76. The quantitative estimate of drug-likeness (QED) is 0.0838. The van der Waals surface area contributed by atoms with Crippen LogP contribution in [0, 0.1) is 13.8 Å². The Morgan fingerprint density at radius 2 is 1.61 bits per heavy atom. The second kappa shape index (κ2) is 16.8. The average Bonchev–Trinajstić information content (AvgIpc) is 3.77. The molecule has 1 aliphatic heterocycles. The van der Waals surface area contributed by atoms with Crippen molar-refractivity contribution in [3.63, 3.8) is 0 Å². The number of rotatable bonds is 17. The second-order valence-corrected chi connectivity index (χ2v) is 27.1. The van der Waals surface area contributed by atoms with Crippen LogP contribution >= 0.6 is 0 Å². The maximum absolute atomic E-state index is 13.2. The first-order valence-corrected chi connectivity index (χ1v) is 25.6. The minimum atomic E-state index is -1.23. The summed E-state index contributed by atoms with van der Waals surface area (Å²) in [5.41, 5.74) is 4.75. The number of nitrogens with zero attached hydrogens (tertiary/aromatic N) is 5. The number of aromatic nitrogens is 4. The first-order valence-electron chi connectivity index (χ1n) is 18.1. The maximum Gasteiger partial charge on any atom is 0.273 e. The highest BCUT2D eigenvalue weighted by atomic mass is 28.3. The SMILES string of the molecule is CCn1nc(C)cc1C(=O)Nc1cc(Oc2ccc3c(/C=C/C4NCCN4COCC[Si](C)(C)C)nn(COCC[Si](C)(C)C)c3c2)ccc1C. The molecular formula is C38H57N7O4Si2. The number of anilines is 1. The molecule has 0 radical (unpaired) electrons. The topological polar surface area (TPSA) is 108 Å². The van der Waals surface area contributed by atoms with Crippen molar-refractivity contribution >= 4 is 44.7 Å². The van der Waals surface area contributed by atoms with Crippen LogP contribution in [0.3, 0.4) is 0 Å². The van der Waals surface area contributed by atoms with Gasteiger partial charge in [-0.2, -0.15) is 10.2 Å². The van der Waals surface area contributed by atoms with E-state index < -0.39 is 16.1 Å². The summed E-state index contributed by atoms with van der Waals surface area (Å²) in [6, 6.07) is 15.8. The van der Waals surface area contributed by atoms with Gasteiger partial charge in [-0.15, -0.1) is 0 Å². The number of fused-ring (bicyclic) bond motifs is 1. The van der Waals surface area contributed by atoms with Gasteiger partial charge in [-0.05, 0) is 68.8 Å². The Kier molecular flexibility index (Phi) is 12.7. The van der Waals surface area contributed by atoms with Crippen molar-refractivity contribution < 1.29 is 19.0 Å². The van der Waals surface area contributed by atoms with Gasteiger partial charge in [0.2, 0.25) is 0 Å². The van der Waals surface area contributed by atoms with E-state index in [0.29, 0.717) is 49.5 Å². The normalized spacial score (nSPS) is 15.7. The molecule has 0 spiro atoms. The first kappa shape index (κ1) is 38.6. The zero-order valence-corrected chi connectivity index (χ0v) is 34.0. The van der Waals surface area contributed by atoms with Crippen LogP contribution in [0.15, 0.2) is 48.5 Å². The summed E-state index contributed by atoms with van der Waals surface area (Å²) in [6.07, 6.45) is 4.35. The third-order valence-corrected chi connectivity index (χ3v) is 12.3. The Hall–Kier alpha value is -3.60. The molecule has 276 valence electrons. The number of aryl methyl sites for hydroxylation is 3. The highest BCUT2D eigenvalue weighted by Gasteiger charge is 2.23. The molecule has 2 aromatic heterocycles. The number of benzene rings is 2. The van der Waals surface area contributed by atoms with Crippen LogP contribution in [0.25, 0.3) is 17.0 Å². The summed E-state index contributed by atoms with van der Waals surface area (Å²) in [5, 5.41) is 17.1. The predicted molar refractivity (Wildman–Crippen MR) is 212 cm³/mol. The van der Waals surface area contributed by atoms with Crippen molar-refractivity contribution in [1.82, 2.24) is 29.8 Å². The van der Waals surface area contributed by atoms with Crippen LogP contribution in [0.5, 0.6) is 11.5 Å². The smallest absolute Gasteiger partial charge is 0.273 e. The van der Waals surface area contributed by atoms with Gasteiger partial charge in [0.05, 0.1) is 23.1 Å². The fourth-order valence-corrected chi connectivity index (χ4v) is 7.30. The molecule has 0 saturated carbocycles. The summed E-state index contributed by atoms with van der Waals surface area (Å²) >= 11 is 0. The summed E-state index contributed by atoms with van der Waals surface area (Å²) in [5.74, 6) is 1.08. The van der Waals surface area contributed by atoms with E-state index in [1.807, 2.05) is 55.8 Å². The van der Waals surface area contributed by atoms with Crippen molar-refractivity contribution in [3.8, 4) is 11.5 Å². The van der Waals surface area contributed by atoms with Gasteiger partial charge < -0.3 is 19.5 Å². The molecule has 13 heteroatoms. The van der Waals surface area contributed by atoms with Gasteiger partial charge in [-0.1, -0.05) is 51.4 Å². The predicted octanol–water partition coefficient (Wildman–Crippen LogP) is 7.78.